The molecule has 0 spiro atoms. The van der Waals surface area contributed by atoms with Gasteiger partial charge in [0.1, 0.15) is 5.69 Å². The summed E-state index contributed by atoms with van der Waals surface area (Å²) in [7, 11) is 0. The molecule has 1 aromatic rings. The summed E-state index contributed by atoms with van der Waals surface area (Å²) in [5.41, 5.74) is 0.690. The number of aromatic nitrogens is 2. The first-order valence-corrected chi connectivity index (χ1v) is 8.43. The van der Waals surface area contributed by atoms with E-state index in [0.717, 1.165) is 32.2 Å². The molecule has 0 bridgehead atoms. The second kappa shape index (κ2) is 5.66. The Bertz CT molecular complexity index is 554. The maximum atomic E-state index is 12.8. The fraction of sp³-hybridized carbons (Fsp3) is 0.750. The number of carbonyl (C=O) groups is 1. The molecular formula is C16H24N4O2. The molecule has 1 aliphatic carbocycles. The normalized spacial score (nSPS) is 28.9. The second-order valence-corrected chi connectivity index (χ2v) is 6.66. The number of likely N-dealkylation sites (tertiary alicyclic amines) is 1. The number of morpholine rings is 1. The molecule has 0 N–H and O–H groups in total. The number of rotatable bonds is 4. The Morgan fingerprint density at radius 3 is 3.05 bits per heavy atom. The van der Waals surface area contributed by atoms with Crippen LogP contribution in [0.3, 0.4) is 0 Å². The van der Waals surface area contributed by atoms with Gasteiger partial charge in [-0.25, -0.2) is 0 Å². The van der Waals surface area contributed by atoms with Gasteiger partial charge >= 0.3 is 0 Å². The van der Waals surface area contributed by atoms with Gasteiger partial charge in [-0.15, -0.1) is 0 Å². The zero-order valence-electron chi connectivity index (χ0n) is 13.1. The summed E-state index contributed by atoms with van der Waals surface area (Å²) in [5.74, 6) is 0.966. The van der Waals surface area contributed by atoms with Crippen molar-refractivity contribution in [3.63, 3.8) is 0 Å². The first-order chi connectivity index (χ1) is 10.8. The first-order valence-electron chi connectivity index (χ1n) is 8.43. The third kappa shape index (κ3) is 2.54. The van der Waals surface area contributed by atoms with Crippen LogP contribution in [0.15, 0.2) is 12.3 Å². The van der Waals surface area contributed by atoms with Crippen molar-refractivity contribution in [1.82, 2.24) is 19.6 Å². The van der Waals surface area contributed by atoms with Crippen molar-refractivity contribution in [2.45, 2.75) is 38.5 Å². The average molecular weight is 304 g/mol. The van der Waals surface area contributed by atoms with E-state index in [2.05, 4.69) is 10.00 Å². The van der Waals surface area contributed by atoms with E-state index in [4.69, 9.17) is 4.74 Å². The highest BCUT2D eigenvalue weighted by Crippen LogP contribution is 2.33. The third-order valence-electron chi connectivity index (χ3n) is 5.13. The molecule has 3 heterocycles. The summed E-state index contributed by atoms with van der Waals surface area (Å²) in [4.78, 5) is 17.3. The molecule has 0 unspecified atom stereocenters. The predicted molar refractivity (Wildman–Crippen MR) is 81.6 cm³/mol. The molecule has 2 saturated heterocycles. The van der Waals surface area contributed by atoms with E-state index in [9.17, 15) is 4.79 Å². The molecule has 3 fully saturated rings. The highest BCUT2D eigenvalue weighted by atomic mass is 16.5. The number of hydrogen-bond donors (Lipinski definition) is 0. The van der Waals surface area contributed by atoms with Crippen molar-refractivity contribution >= 4 is 5.91 Å². The number of carbonyl (C=O) groups excluding carboxylic acids is 1. The molecule has 1 aromatic heterocycles. The molecule has 0 radical (unpaired) electrons. The van der Waals surface area contributed by atoms with Gasteiger partial charge in [-0.1, -0.05) is 0 Å². The lowest BCUT2D eigenvalue weighted by Crippen LogP contribution is -2.51. The van der Waals surface area contributed by atoms with Crippen LogP contribution in [0.4, 0.5) is 0 Å². The number of amides is 1. The minimum absolute atomic E-state index is 0.0868. The maximum absolute atomic E-state index is 12.8. The van der Waals surface area contributed by atoms with Crippen LogP contribution in [0, 0.1) is 5.92 Å². The third-order valence-corrected chi connectivity index (χ3v) is 5.13. The summed E-state index contributed by atoms with van der Waals surface area (Å²) >= 11 is 0. The largest absolute Gasteiger partial charge is 0.373 e. The Morgan fingerprint density at radius 1 is 1.41 bits per heavy atom. The molecule has 3 aliphatic rings. The van der Waals surface area contributed by atoms with Crippen LogP contribution in [0.1, 0.15) is 30.3 Å². The minimum Gasteiger partial charge on any atom is -0.373 e. The Labute approximate surface area is 131 Å². The topological polar surface area (TPSA) is 50.6 Å². The SMILES string of the molecule is CCn1nccc1C(=O)N1C[C@@H]2OCCN(CC3CC3)[C@H]2C1. The second-order valence-electron chi connectivity index (χ2n) is 6.66. The number of nitrogens with zero attached hydrogens (tertiary/aromatic N) is 4. The first kappa shape index (κ1) is 14.2. The summed E-state index contributed by atoms with van der Waals surface area (Å²) in [6.07, 6.45) is 4.62. The van der Waals surface area contributed by atoms with Gasteiger partial charge < -0.3 is 9.64 Å². The van der Waals surface area contributed by atoms with Gasteiger partial charge in [0.25, 0.3) is 5.91 Å². The quantitative estimate of drug-likeness (QED) is 0.827. The lowest BCUT2D eigenvalue weighted by Gasteiger charge is -2.36. The van der Waals surface area contributed by atoms with Crippen molar-refractivity contribution in [1.29, 1.82) is 0 Å². The van der Waals surface area contributed by atoms with Gasteiger partial charge in [0, 0.05) is 38.9 Å². The standard InChI is InChI=1S/C16H24N4O2/c1-2-20-13(5-6-17-20)16(21)19-10-14-15(11-19)22-8-7-18(14)9-12-3-4-12/h5-6,12,14-15H,2-4,7-11H2,1H3/t14-,15-/m0/s1. The molecule has 22 heavy (non-hydrogen) atoms. The van der Waals surface area contributed by atoms with E-state index in [0.29, 0.717) is 18.3 Å². The minimum atomic E-state index is 0.0868. The summed E-state index contributed by atoms with van der Waals surface area (Å²) in [6, 6.07) is 2.19. The van der Waals surface area contributed by atoms with Crippen LogP contribution in [0.2, 0.25) is 0 Å². The number of hydrogen-bond acceptors (Lipinski definition) is 4. The van der Waals surface area contributed by atoms with Crippen molar-refractivity contribution in [3.8, 4) is 0 Å². The summed E-state index contributed by atoms with van der Waals surface area (Å²) in [6.45, 7) is 7.20. The van der Waals surface area contributed by atoms with Crippen LogP contribution in [0.5, 0.6) is 0 Å². The maximum Gasteiger partial charge on any atom is 0.272 e. The van der Waals surface area contributed by atoms with Crippen LogP contribution in [0.25, 0.3) is 0 Å². The smallest absolute Gasteiger partial charge is 0.272 e. The van der Waals surface area contributed by atoms with Gasteiger partial charge in [0.15, 0.2) is 0 Å². The van der Waals surface area contributed by atoms with Crippen LogP contribution >= 0.6 is 0 Å². The van der Waals surface area contributed by atoms with Crippen LogP contribution in [-0.2, 0) is 11.3 Å². The number of aryl methyl sites for hydroxylation is 1. The lowest BCUT2D eigenvalue weighted by atomic mass is 10.1. The van der Waals surface area contributed by atoms with Crippen LogP contribution in [-0.4, -0.2) is 70.4 Å². The van der Waals surface area contributed by atoms with Gasteiger partial charge in [-0.3, -0.25) is 14.4 Å². The molecule has 1 saturated carbocycles. The van der Waals surface area contributed by atoms with Gasteiger partial charge in [-0.2, -0.15) is 5.10 Å². The Balaban J connectivity index is 1.47. The molecule has 2 aliphatic heterocycles. The summed E-state index contributed by atoms with van der Waals surface area (Å²) < 4.78 is 7.70. The Hall–Kier alpha value is -1.40. The monoisotopic (exact) mass is 304 g/mol. The molecule has 2 atom stereocenters. The van der Waals surface area contributed by atoms with E-state index < -0.39 is 0 Å². The van der Waals surface area contributed by atoms with E-state index in [-0.39, 0.29) is 12.0 Å². The van der Waals surface area contributed by atoms with Gasteiger partial charge in [-0.05, 0) is 31.7 Å². The number of ether oxygens (including phenoxy) is 1. The highest BCUT2D eigenvalue weighted by molar-refractivity contribution is 5.92. The predicted octanol–water partition coefficient (Wildman–Crippen LogP) is 0.838. The summed E-state index contributed by atoms with van der Waals surface area (Å²) in [5, 5.41) is 4.21. The van der Waals surface area contributed by atoms with Gasteiger partial charge in [0.2, 0.25) is 0 Å². The van der Waals surface area contributed by atoms with Crippen molar-refractivity contribution in [2.75, 3.05) is 32.8 Å². The lowest BCUT2D eigenvalue weighted by molar-refractivity contribution is -0.0484. The van der Waals surface area contributed by atoms with E-state index in [1.165, 1.54) is 19.4 Å². The fourth-order valence-electron chi connectivity index (χ4n) is 3.71. The molecular weight excluding hydrogens is 280 g/mol. The zero-order chi connectivity index (χ0) is 15.1. The molecule has 4 rings (SSSR count). The molecule has 6 heteroatoms. The van der Waals surface area contributed by atoms with E-state index in [1.807, 2.05) is 17.9 Å². The Morgan fingerprint density at radius 2 is 2.27 bits per heavy atom. The van der Waals surface area contributed by atoms with Gasteiger partial charge in [0.05, 0.1) is 18.8 Å². The average Bonchev–Trinajstić information content (AvgIpc) is 3.06. The van der Waals surface area contributed by atoms with Crippen LogP contribution < -0.4 is 0 Å². The van der Waals surface area contributed by atoms with E-state index >= 15 is 0 Å². The molecule has 0 aromatic carbocycles. The fourth-order valence-corrected chi connectivity index (χ4v) is 3.71. The van der Waals surface area contributed by atoms with Crippen molar-refractivity contribution < 1.29 is 9.53 Å². The Kier molecular flexibility index (Phi) is 3.66. The van der Waals surface area contributed by atoms with E-state index in [1.54, 1.807) is 10.9 Å². The molecule has 1 amide bonds. The zero-order valence-corrected chi connectivity index (χ0v) is 13.1. The molecule has 120 valence electrons. The van der Waals surface area contributed by atoms with Crippen molar-refractivity contribution in [3.05, 3.63) is 18.0 Å². The highest BCUT2D eigenvalue weighted by Gasteiger charge is 2.43. The number of fused-ring (bicyclic) bond motifs is 1. The molecule has 6 nitrogen and oxygen atoms in total. The van der Waals surface area contributed by atoms with Crippen molar-refractivity contribution in [2.24, 2.45) is 5.92 Å².